The minimum atomic E-state index is 0.213. The predicted molar refractivity (Wildman–Crippen MR) is 92.3 cm³/mol. The topological polar surface area (TPSA) is 17.1 Å². The van der Waals surface area contributed by atoms with Gasteiger partial charge in [0, 0.05) is 11.1 Å². The molecule has 1 nitrogen and oxygen atoms in total. The predicted octanol–water partition coefficient (Wildman–Crippen LogP) is 5.30. The molecule has 1 aliphatic carbocycles. The highest BCUT2D eigenvalue weighted by Gasteiger charge is 2.18. The van der Waals surface area contributed by atoms with Crippen molar-refractivity contribution in [2.24, 2.45) is 0 Å². The molecule has 1 aliphatic rings. The van der Waals surface area contributed by atoms with Crippen LogP contribution in [-0.2, 0) is 4.79 Å². The van der Waals surface area contributed by atoms with Crippen molar-refractivity contribution in [1.82, 2.24) is 0 Å². The molecule has 0 saturated heterocycles. The molecule has 1 saturated carbocycles. The van der Waals surface area contributed by atoms with E-state index in [1.54, 1.807) is 0 Å². The van der Waals surface area contributed by atoms with Gasteiger partial charge >= 0.3 is 0 Å². The second-order valence-electron chi connectivity index (χ2n) is 5.70. The lowest BCUT2D eigenvalue weighted by Gasteiger charge is -2.05. The molecule has 0 aromatic heterocycles. The number of hydrogen-bond acceptors (Lipinski definition) is 1. The summed E-state index contributed by atoms with van der Waals surface area (Å²) in [6.45, 7) is 0. The van der Waals surface area contributed by atoms with Crippen LogP contribution in [-0.4, -0.2) is 5.78 Å². The third-order valence-corrected chi connectivity index (χ3v) is 4.01. The summed E-state index contributed by atoms with van der Waals surface area (Å²) in [5, 5.41) is 0. The zero-order chi connectivity index (χ0) is 15.2. The third-order valence-electron chi connectivity index (χ3n) is 4.01. The summed E-state index contributed by atoms with van der Waals surface area (Å²) in [6, 6.07) is 20.2. The van der Waals surface area contributed by atoms with Gasteiger partial charge in [0.1, 0.15) is 0 Å². The first kappa shape index (κ1) is 14.5. The van der Waals surface area contributed by atoms with Crippen molar-refractivity contribution in [2.75, 3.05) is 0 Å². The number of carbonyl (C=O) groups excluding carboxylic acids is 1. The Kier molecular flexibility index (Phi) is 4.65. The van der Waals surface area contributed by atoms with Gasteiger partial charge in [-0.2, -0.15) is 0 Å². The lowest BCUT2D eigenvalue weighted by Crippen LogP contribution is -2.03. The van der Waals surface area contributed by atoms with Gasteiger partial charge < -0.3 is 0 Å². The molecule has 0 amide bonds. The molecule has 0 radical (unpaired) electrons. The van der Waals surface area contributed by atoms with Gasteiger partial charge in [0.15, 0.2) is 5.78 Å². The molecule has 0 atom stereocenters. The maximum Gasteiger partial charge on any atom is 0.185 e. The van der Waals surface area contributed by atoms with Crippen molar-refractivity contribution < 1.29 is 4.79 Å². The van der Waals surface area contributed by atoms with Gasteiger partial charge in [-0.15, -0.1) is 0 Å². The summed E-state index contributed by atoms with van der Waals surface area (Å²) >= 11 is 0. The maximum absolute atomic E-state index is 12.8. The lowest BCUT2D eigenvalue weighted by atomic mass is 9.98. The Hall–Kier alpha value is -2.41. The highest BCUT2D eigenvalue weighted by molar-refractivity contribution is 6.13. The van der Waals surface area contributed by atoms with Crippen LogP contribution in [0.5, 0.6) is 0 Å². The molecule has 0 heterocycles. The maximum atomic E-state index is 12.8. The van der Waals surface area contributed by atoms with Crippen molar-refractivity contribution in [2.45, 2.75) is 25.7 Å². The van der Waals surface area contributed by atoms with Gasteiger partial charge in [-0.25, -0.2) is 0 Å². The zero-order valence-corrected chi connectivity index (χ0v) is 12.7. The number of allylic oxidation sites excluding steroid dienone is 2. The average Bonchev–Trinajstić information content (AvgIpc) is 2.73. The second-order valence-corrected chi connectivity index (χ2v) is 5.70. The Morgan fingerprint density at radius 2 is 1.05 bits per heavy atom. The summed E-state index contributed by atoms with van der Waals surface area (Å²) in [4.78, 5) is 12.8. The van der Waals surface area contributed by atoms with E-state index in [1.165, 1.54) is 0 Å². The van der Waals surface area contributed by atoms with E-state index in [2.05, 4.69) is 0 Å². The van der Waals surface area contributed by atoms with Crippen LogP contribution in [0.25, 0.3) is 12.2 Å². The van der Waals surface area contributed by atoms with E-state index >= 15 is 0 Å². The summed E-state index contributed by atoms with van der Waals surface area (Å²) in [6.07, 6.45) is 8.01. The van der Waals surface area contributed by atoms with Gasteiger partial charge in [0.05, 0.1) is 0 Å². The number of carbonyl (C=O) groups is 1. The van der Waals surface area contributed by atoms with Crippen LogP contribution in [0.1, 0.15) is 36.8 Å². The molecule has 0 spiro atoms. The molecule has 0 N–H and O–H groups in total. The summed E-state index contributed by atoms with van der Waals surface area (Å²) in [7, 11) is 0. The summed E-state index contributed by atoms with van der Waals surface area (Å²) < 4.78 is 0. The molecule has 22 heavy (non-hydrogen) atoms. The average molecular weight is 288 g/mol. The zero-order valence-electron chi connectivity index (χ0n) is 12.7. The van der Waals surface area contributed by atoms with Crippen LogP contribution < -0.4 is 0 Å². The number of ketones is 1. The molecule has 0 bridgehead atoms. The van der Waals surface area contributed by atoms with E-state index in [1.807, 2.05) is 72.8 Å². The van der Waals surface area contributed by atoms with E-state index in [0.29, 0.717) is 0 Å². The van der Waals surface area contributed by atoms with Gasteiger partial charge in [0.25, 0.3) is 0 Å². The SMILES string of the molecule is O=C1/C(=C\c2ccccc2)CCCC/C1=C/c1ccccc1. The number of Topliss-reactive ketones (excluding diaryl/α,β-unsaturated/α-hetero) is 1. The van der Waals surface area contributed by atoms with Gasteiger partial charge in [-0.05, 0) is 49.0 Å². The Labute approximate surface area is 132 Å². The Morgan fingerprint density at radius 1 is 0.636 bits per heavy atom. The Morgan fingerprint density at radius 3 is 1.45 bits per heavy atom. The fourth-order valence-corrected chi connectivity index (χ4v) is 2.84. The molecule has 110 valence electrons. The van der Waals surface area contributed by atoms with Crippen molar-refractivity contribution in [3.63, 3.8) is 0 Å². The van der Waals surface area contributed by atoms with Crippen LogP contribution in [0.15, 0.2) is 71.8 Å². The lowest BCUT2D eigenvalue weighted by molar-refractivity contribution is -0.112. The van der Waals surface area contributed by atoms with E-state index in [-0.39, 0.29) is 5.78 Å². The van der Waals surface area contributed by atoms with Crippen molar-refractivity contribution in [3.8, 4) is 0 Å². The smallest absolute Gasteiger partial charge is 0.185 e. The number of benzene rings is 2. The first-order chi connectivity index (χ1) is 10.8. The van der Waals surface area contributed by atoms with E-state index in [9.17, 15) is 4.79 Å². The normalized spacial score (nSPS) is 19.4. The minimum absolute atomic E-state index is 0.213. The van der Waals surface area contributed by atoms with E-state index < -0.39 is 0 Å². The van der Waals surface area contributed by atoms with Crippen molar-refractivity contribution in [3.05, 3.63) is 82.9 Å². The van der Waals surface area contributed by atoms with Crippen LogP contribution in [0.3, 0.4) is 0 Å². The van der Waals surface area contributed by atoms with Crippen LogP contribution >= 0.6 is 0 Å². The molecule has 0 aliphatic heterocycles. The fraction of sp³-hybridized carbons (Fsp3) is 0.190. The molecule has 0 unspecified atom stereocenters. The van der Waals surface area contributed by atoms with Gasteiger partial charge in [-0.1, -0.05) is 60.7 Å². The van der Waals surface area contributed by atoms with Crippen LogP contribution in [0.4, 0.5) is 0 Å². The number of hydrogen-bond donors (Lipinski definition) is 0. The van der Waals surface area contributed by atoms with Crippen LogP contribution in [0.2, 0.25) is 0 Å². The molecular formula is C21H20O. The first-order valence-corrected chi connectivity index (χ1v) is 7.89. The van der Waals surface area contributed by atoms with Crippen molar-refractivity contribution >= 4 is 17.9 Å². The first-order valence-electron chi connectivity index (χ1n) is 7.89. The second kappa shape index (κ2) is 7.04. The summed E-state index contributed by atoms with van der Waals surface area (Å²) in [5.74, 6) is 0.213. The van der Waals surface area contributed by atoms with E-state index in [0.717, 1.165) is 48.0 Å². The van der Waals surface area contributed by atoms with Crippen LogP contribution in [0, 0.1) is 0 Å². The van der Waals surface area contributed by atoms with Crippen molar-refractivity contribution in [1.29, 1.82) is 0 Å². The third kappa shape index (κ3) is 3.62. The Balaban J connectivity index is 1.91. The minimum Gasteiger partial charge on any atom is -0.289 e. The Bertz CT molecular complexity index is 632. The number of rotatable bonds is 2. The molecule has 1 heteroatoms. The van der Waals surface area contributed by atoms with Gasteiger partial charge in [0.2, 0.25) is 0 Å². The highest BCUT2D eigenvalue weighted by Crippen LogP contribution is 2.26. The molecule has 2 aromatic rings. The highest BCUT2D eigenvalue weighted by atomic mass is 16.1. The molecule has 1 fully saturated rings. The summed E-state index contributed by atoms with van der Waals surface area (Å²) in [5.41, 5.74) is 4.08. The van der Waals surface area contributed by atoms with Gasteiger partial charge in [-0.3, -0.25) is 4.79 Å². The molecule has 2 aromatic carbocycles. The molecular weight excluding hydrogens is 268 g/mol. The van der Waals surface area contributed by atoms with E-state index in [4.69, 9.17) is 0 Å². The monoisotopic (exact) mass is 288 g/mol. The standard InChI is InChI=1S/C21H20O/c22-21-19(15-17-9-3-1-4-10-17)13-7-8-14-20(21)16-18-11-5-2-6-12-18/h1-6,9-12,15-16H,7-8,13-14H2/b19-15-,20-16-. The molecule has 3 rings (SSSR count). The fourth-order valence-electron chi connectivity index (χ4n) is 2.84. The quantitative estimate of drug-likeness (QED) is 0.541. The largest absolute Gasteiger partial charge is 0.289 e.